The average Bonchev–Trinajstić information content (AvgIpc) is 2.94. The standard InChI is InChI=1S/C16H12BrNO/c1-11-10-13(16-8-9-19-18-16)4-7-15(11)12-2-5-14(17)6-3-12/h2-10H,1H3. The fourth-order valence-electron chi connectivity index (χ4n) is 2.14. The molecule has 0 N–H and O–H groups in total. The summed E-state index contributed by atoms with van der Waals surface area (Å²) in [5.74, 6) is 0. The molecule has 0 saturated heterocycles. The second-order valence-corrected chi connectivity index (χ2v) is 5.34. The van der Waals surface area contributed by atoms with Crippen molar-refractivity contribution >= 4 is 15.9 Å². The summed E-state index contributed by atoms with van der Waals surface area (Å²) in [6, 6.07) is 16.5. The van der Waals surface area contributed by atoms with Gasteiger partial charge in [-0.1, -0.05) is 45.4 Å². The molecule has 3 rings (SSSR count). The number of benzene rings is 2. The molecule has 0 aliphatic heterocycles. The van der Waals surface area contributed by atoms with Crippen molar-refractivity contribution in [2.75, 3.05) is 0 Å². The van der Waals surface area contributed by atoms with Crippen molar-refractivity contribution in [3.8, 4) is 22.4 Å². The van der Waals surface area contributed by atoms with Crippen LogP contribution < -0.4 is 0 Å². The molecule has 0 bridgehead atoms. The Morgan fingerprint density at radius 1 is 0.947 bits per heavy atom. The molecule has 19 heavy (non-hydrogen) atoms. The molecule has 94 valence electrons. The van der Waals surface area contributed by atoms with Crippen LogP contribution in [0.5, 0.6) is 0 Å². The minimum atomic E-state index is 0.866. The van der Waals surface area contributed by atoms with Gasteiger partial charge >= 0.3 is 0 Å². The van der Waals surface area contributed by atoms with E-state index in [2.05, 4.69) is 70.5 Å². The van der Waals surface area contributed by atoms with E-state index in [4.69, 9.17) is 4.52 Å². The number of aromatic nitrogens is 1. The van der Waals surface area contributed by atoms with Crippen molar-refractivity contribution in [2.24, 2.45) is 0 Å². The molecule has 0 fully saturated rings. The lowest BCUT2D eigenvalue weighted by Gasteiger charge is -2.08. The Bertz CT molecular complexity index is 687. The number of aryl methyl sites for hydroxylation is 1. The van der Waals surface area contributed by atoms with Gasteiger partial charge in [0.05, 0.1) is 0 Å². The topological polar surface area (TPSA) is 26.0 Å². The fourth-order valence-corrected chi connectivity index (χ4v) is 2.40. The summed E-state index contributed by atoms with van der Waals surface area (Å²) in [6.45, 7) is 2.11. The monoisotopic (exact) mass is 313 g/mol. The van der Waals surface area contributed by atoms with Gasteiger partial charge in [0.25, 0.3) is 0 Å². The van der Waals surface area contributed by atoms with Crippen LogP contribution in [0, 0.1) is 6.92 Å². The van der Waals surface area contributed by atoms with Crippen molar-refractivity contribution < 1.29 is 4.52 Å². The summed E-state index contributed by atoms with van der Waals surface area (Å²) in [4.78, 5) is 0. The lowest BCUT2D eigenvalue weighted by atomic mass is 9.98. The Kier molecular flexibility index (Phi) is 3.22. The van der Waals surface area contributed by atoms with Gasteiger partial charge in [-0.3, -0.25) is 0 Å². The normalized spacial score (nSPS) is 10.6. The van der Waals surface area contributed by atoms with Crippen LogP contribution in [0.4, 0.5) is 0 Å². The third-order valence-electron chi connectivity index (χ3n) is 3.12. The maximum absolute atomic E-state index is 4.88. The zero-order valence-electron chi connectivity index (χ0n) is 10.4. The Morgan fingerprint density at radius 2 is 1.68 bits per heavy atom. The fraction of sp³-hybridized carbons (Fsp3) is 0.0625. The lowest BCUT2D eigenvalue weighted by molar-refractivity contribution is 0.422. The molecule has 0 unspecified atom stereocenters. The van der Waals surface area contributed by atoms with E-state index < -0.39 is 0 Å². The minimum Gasteiger partial charge on any atom is -0.364 e. The van der Waals surface area contributed by atoms with Gasteiger partial charge in [0.2, 0.25) is 0 Å². The third-order valence-corrected chi connectivity index (χ3v) is 3.64. The first-order chi connectivity index (χ1) is 9.24. The summed E-state index contributed by atoms with van der Waals surface area (Å²) in [6.07, 6.45) is 1.59. The molecule has 2 aromatic carbocycles. The number of hydrogen-bond acceptors (Lipinski definition) is 2. The highest BCUT2D eigenvalue weighted by Gasteiger charge is 2.06. The molecule has 1 heterocycles. The molecule has 1 aromatic heterocycles. The van der Waals surface area contributed by atoms with Gasteiger partial charge in [-0.15, -0.1) is 0 Å². The van der Waals surface area contributed by atoms with Crippen LogP contribution in [0.2, 0.25) is 0 Å². The van der Waals surface area contributed by atoms with Crippen molar-refractivity contribution in [3.05, 3.63) is 64.8 Å². The van der Waals surface area contributed by atoms with Gasteiger partial charge in [-0.25, -0.2) is 0 Å². The predicted molar refractivity (Wildman–Crippen MR) is 79.8 cm³/mol. The molecule has 3 aromatic rings. The smallest absolute Gasteiger partial charge is 0.124 e. The molecule has 0 spiro atoms. The lowest BCUT2D eigenvalue weighted by Crippen LogP contribution is -1.85. The highest BCUT2D eigenvalue weighted by Crippen LogP contribution is 2.28. The van der Waals surface area contributed by atoms with Gasteiger partial charge in [0.1, 0.15) is 12.0 Å². The van der Waals surface area contributed by atoms with Crippen LogP contribution in [0.1, 0.15) is 5.56 Å². The van der Waals surface area contributed by atoms with E-state index >= 15 is 0 Å². The first-order valence-corrected chi connectivity index (χ1v) is 6.81. The first-order valence-electron chi connectivity index (χ1n) is 6.01. The van der Waals surface area contributed by atoms with E-state index in [-0.39, 0.29) is 0 Å². The predicted octanol–water partition coefficient (Wildman–Crippen LogP) is 5.08. The maximum Gasteiger partial charge on any atom is 0.124 e. The molecule has 0 radical (unpaired) electrons. The molecule has 0 aliphatic rings. The molecule has 3 heteroatoms. The molecule has 0 aliphatic carbocycles. The number of rotatable bonds is 2. The first kappa shape index (κ1) is 12.2. The van der Waals surface area contributed by atoms with Crippen molar-refractivity contribution in [1.29, 1.82) is 0 Å². The van der Waals surface area contributed by atoms with Crippen LogP contribution in [0.15, 0.2) is 63.8 Å². The summed E-state index contributed by atoms with van der Waals surface area (Å²) in [5, 5.41) is 3.96. The Morgan fingerprint density at radius 3 is 2.32 bits per heavy atom. The van der Waals surface area contributed by atoms with Gasteiger partial charge in [-0.05, 0) is 41.8 Å². The summed E-state index contributed by atoms with van der Waals surface area (Å²) >= 11 is 3.46. The summed E-state index contributed by atoms with van der Waals surface area (Å²) < 4.78 is 5.97. The zero-order valence-corrected chi connectivity index (χ0v) is 12.0. The average molecular weight is 314 g/mol. The summed E-state index contributed by atoms with van der Waals surface area (Å²) in [5.41, 5.74) is 5.62. The Labute approximate surface area is 120 Å². The molecule has 0 saturated carbocycles. The van der Waals surface area contributed by atoms with Gasteiger partial charge in [0.15, 0.2) is 0 Å². The van der Waals surface area contributed by atoms with E-state index in [0.29, 0.717) is 0 Å². The van der Waals surface area contributed by atoms with E-state index in [1.165, 1.54) is 16.7 Å². The van der Waals surface area contributed by atoms with Gasteiger partial charge in [0, 0.05) is 16.1 Å². The minimum absolute atomic E-state index is 0.866. The van der Waals surface area contributed by atoms with Crippen LogP contribution in [-0.4, -0.2) is 5.16 Å². The van der Waals surface area contributed by atoms with Crippen molar-refractivity contribution in [3.63, 3.8) is 0 Å². The van der Waals surface area contributed by atoms with Crippen LogP contribution in [0.25, 0.3) is 22.4 Å². The van der Waals surface area contributed by atoms with Crippen LogP contribution in [-0.2, 0) is 0 Å². The summed E-state index contributed by atoms with van der Waals surface area (Å²) in [7, 11) is 0. The molecule has 2 nitrogen and oxygen atoms in total. The van der Waals surface area contributed by atoms with E-state index in [9.17, 15) is 0 Å². The number of nitrogens with zero attached hydrogens (tertiary/aromatic N) is 1. The Hall–Kier alpha value is -1.87. The second kappa shape index (κ2) is 5.02. The van der Waals surface area contributed by atoms with Crippen LogP contribution in [0.3, 0.4) is 0 Å². The molecular weight excluding hydrogens is 302 g/mol. The highest BCUT2D eigenvalue weighted by atomic mass is 79.9. The van der Waals surface area contributed by atoms with Crippen molar-refractivity contribution in [1.82, 2.24) is 5.16 Å². The molecule has 0 atom stereocenters. The maximum atomic E-state index is 4.88. The van der Waals surface area contributed by atoms with Gasteiger partial charge < -0.3 is 4.52 Å². The van der Waals surface area contributed by atoms with Crippen molar-refractivity contribution in [2.45, 2.75) is 6.92 Å². The van der Waals surface area contributed by atoms with Gasteiger partial charge in [-0.2, -0.15) is 0 Å². The quantitative estimate of drug-likeness (QED) is 0.659. The highest BCUT2D eigenvalue weighted by molar-refractivity contribution is 9.10. The largest absolute Gasteiger partial charge is 0.364 e. The molecule has 0 amide bonds. The van der Waals surface area contributed by atoms with E-state index in [1.54, 1.807) is 6.26 Å². The van der Waals surface area contributed by atoms with E-state index in [0.717, 1.165) is 15.7 Å². The molecular formula is C16H12BrNO. The third kappa shape index (κ3) is 2.47. The second-order valence-electron chi connectivity index (χ2n) is 4.42. The number of hydrogen-bond donors (Lipinski definition) is 0. The number of halogens is 1. The Balaban J connectivity index is 2.03. The zero-order chi connectivity index (χ0) is 13.2. The van der Waals surface area contributed by atoms with E-state index in [1.807, 2.05) is 6.07 Å². The van der Waals surface area contributed by atoms with Crippen LogP contribution >= 0.6 is 15.9 Å². The SMILES string of the molecule is Cc1cc(-c2ccon2)ccc1-c1ccc(Br)cc1.